The molecule has 0 saturated heterocycles. The van der Waals surface area contributed by atoms with Crippen LogP contribution in [0.2, 0.25) is 0 Å². The number of carboxylic acid groups (broad SMARTS) is 10. The van der Waals surface area contributed by atoms with Crippen LogP contribution in [-0.4, -0.2) is 278 Å². The highest BCUT2D eigenvalue weighted by molar-refractivity contribution is 6.01. The summed E-state index contributed by atoms with van der Waals surface area (Å²) >= 11 is 0. The van der Waals surface area contributed by atoms with Gasteiger partial charge in [-0.25, -0.2) is 0 Å². The first-order chi connectivity index (χ1) is 33.2. The fourth-order valence-corrected chi connectivity index (χ4v) is 5.34. The molecule has 0 fully saturated rings. The number of esters is 2. The van der Waals surface area contributed by atoms with E-state index in [1.807, 2.05) is 0 Å². The maximum Gasteiger partial charge on any atom is 0.326 e. The Kier molecular flexibility index (Phi) is 25.8. The SMILES string of the molecule is O=C(O)CN(CC(=O)O)C(=O)/C=C\C(=O)N(CC(=O)O)CC(=O)OC(CC(=O)N(CC(=O)O)CC(=O)O)C(=O)N(CC(=O)O)CC(=O)OC(CC(=O)N(CC(=O)O)CC(=O)O)C(=O)N(CC(=O)O)CC(=O)O. The van der Waals surface area contributed by atoms with Gasteiger partial charge in [0.2, 0.25) is 23.6 Å². The molecule has 0 aliphatic heterocycles. The minimum Gasteiger partial charge on any atom is -0.480 e. The van der Waals surface area contributed by atoms with Gasteiger partial charge in [0.1, 0.15) is 78.5 Å². The van der Waals surface area contributed by atoms with Gasteiger partial charge in [0, 0.05) is 12.2 Å². The third-order valence-electron chi connectivity index (χ3n) is 8.04. The van der Waals surface area contributed by atoms with Crippen molar-refractivity contribution in [3.8, 4) is 0 Å². The Morgan fingerprint density at radius 2 is 0.486 bits per heavy atom. The van der Waals surface area contributed by atoms with Gasteiger partial charge in [0.15, 0.2) is 12.2 Å². The van der Waals surface area contributed by atoms with Gasteiger partial charge < -0.3 is 89.9 Å². The predicted molar refractivity (Wildman–Crippen MR) is 214 cm³/mol. The number of hydrogen-bond acceptors (Lipinski definition) is 20. The van der Waals surface area contributed by atoms with E-state index in [4.69, 9.17) is 29.9 Å². The Balaban J connectivity index is 7.39. The summed E-state index contributed by atoms with van der Waals surface area (Å²) in [5, 5.41) is 92.2. The summed E-state index contributed by atoms with van der Waals surface area (Å²) < 4.78 is 9.79. The van der Waals surface area contributed by atoms with Crippen LogP contribution >= 0.6 is 0 Å². The summed E-state index contributed by atoms with van der Waals surface area (Å²) in [5.74, 6) is -33.0. The second-order valence-electron chi connectivity index (χ2n) is 13.9. The van der Waals surface area contributed by atoms with Crippen molar-refractivity contribution in [2.75, 3.05) is 78.5 Å². The first kappa shape index (κ1) is 62.2. The molecule has 0 aromatic rings. The second-order valence-corrected chi connectivity index (χ2v) is 13.9. The molecule has 0 aromatic carbocycles. The number of hydrogen-bond donors (Lipinski definition) is 10. The van der Waals surface area contributed by atoms with Crippen molar-refractivity contribution in [3.63, 3.8) is 0 Å². The average molecular weight is 1040 g/mol. The van der Waals surface area contributed by atoms with Gasteiger partial charge in [-0.05, 0) is 0 Å². The predicted octanol–water partition coefficient (Wildman–Crippen LogP) is -8.04. The normalized spacial score (nSPS) is 11.3. The molecular formula is C36H42N6O30. The van der Waals surface area contributed by atoms with Crippen molar-refractivity contribution in [2.45, 2.75) is 25.0 Å². The molecule has 2 atom stereocenters. The lowest BCUT2D eigenvalue weighted by Gasteiger charge is -2.29. The van der Waals surface area contributed by atoms with E-state index in [0.29, 0.717) is 0 Å². The van der Waals surface area contributed by atoms with Crippen molar-refractivity contribution in [2.24, 2.45) is 0 Å². The zero-order chi connectivity index (χ0) is 55.7. The molecule has 0 saturated carbocycles. The Morgan fingerprint density at radius 3 is 0.736 bits per heavy atom. The first-order valence-electron chi connectivity index (χ1n) is 19.2. The lowest BCUT2D eigenvalue weighted by Crippen LogP contribution is -2.51. The van der Waals surface area contributed by atoms with Crippen LogP contribution in [0.25, 0.3) is 0 Å². The third kappa shape index (κ3) is 25.4. The molecule has 0 aliphatic carbocycles. The van der Waals surface area contributed by atoms with Crippen LogP contribution < -0.4 is 0 Å². The Labute approximate surface area is 398 Å². The van der Waals surface area contributed by atoms with E-state index in [0.717, 1.165) is 0 Å². The number of aliphatic carboxylic acids is 10. The molecule has 0 aromatic heterocycles. The lowest BCUT2D eigenvalue weighted by atomic mass is 10.1. The fraction of sp³-hybridized carbons (Fsp3) is 0.444. The molecule has 0 spiro atoms. The summed E-state index contributed by atoms with van der Waals surface area (Å²) in [4.78, 5) is 220. The average Bonchev–Trinajstić information content (AvgIpc) is 3.21. The number of amides is 6. The third-order valence-corrected chi connectivity index (χ3v) is 8.04. The van der Waals surface area contributed by atoms with Crippen molar-refractivity contribution < 1.29 is 147 Å². The number of rotatable bonds is 34. The van der Waals surface area contributed by atoms with Crippen molar-refractivity contribution in [3.05, 3.63) is 12.2 Å². The van der Waals surface area contributed by atoms with E-state index in [-0.39, 0.29) is 41.6 Å². The summed E-state index contributed by atoms with van der Waals surface area (Å²) in [7, 11) is 0. The Bertz CT molecular complexity index is 2180. The first-order valence-corrected chi connectivity index (χ1v) is 19.2. The van der Waals surface area contributed by atoms with Crippen LogP contribution in [0.4, 0.5) is 0 Å². The van der Waals surface area contributed by atoms with E-state index < -0.39 is 211 Å². The number of nitrogens with zero attached hydrogens (tertiary/aromatic N) is 6. The second kappa shape index (κ2) is 29.8. The molecule has 72 heavy (non-hydrogen) atoms. The van der Waals surface area contributed by atoms with E-state index >= 15 is 0 Å². The molecule has 10 N–H and O–H groups in total. The van der Waals surface area contributed by atoms with E-state index in [1.54, 1.807) is 0 Å². The van der Waals surface area contributed by atoms with Crippen LogP contribution in [0.1, 0.15) is 12.8 Å². The highest BCUT2D eigenvalue weighted by Gasteiger charge is 2.38. The van der Waals surface area contributed by atoms with Crippen LogP contribution in [0.15, 0.2) is 12.2 Å². The molecule has 36 nitrogen and oxygen atoms in total. The van der Waals surface area contributed by atoms with Crippen LogP contribution in [0.3, 0.4) is 0 Å². The molecule has 2 unspecified atom stereocenters. The number of ether oxygens (including phenoxy) is 2. The van der Waals surface area contributed by atoms with Gasteiger partial charge in [-0.2, -0.15) is 0 Å². The Hall–Kier alpha value is -9.80. The monoisotopic (exact) mass is 1040 g/mol. The quantitative estimate of drug-likeness (QED) is 0.0211. The van der Waals surface area contributed by atoms with Crippen molar-refractivity contribution in [1.29, 1.82) is 0 Å². The van der Waals surface area contributed by atoms with Crippen LogP contribution in [0, 0.1) is 0 Å². The molecule has 0 heterocycles. The molecule has 6 amide bonds. The topological polar surface area (TPSA) is 547 Å². The number of carboxylic acids is 10. The molecule has 36 heteroatoms. The Morgan fingerprint density at radius 1 is 0.292 bits per heavy atom. The highest BCUT2D eigenvalue weighted by Crippen LogP contribution is 2.14. The number of carbonyl (C=O) groups is 18. The van der Waals surface area contributed by atoms with Crippen LogP contribution in [-0.2, 0) is 95.8 Å². The summed E-state index contributed by atoms with van der Waals surface area (Å²) in [5.41, 5.74) is 0. The van der Waals surface area contributed by atoms with Gasteiger partial charge in [-0.1, -0.05) is 0 Å². The minimum absolute atomic E-state index is 0.0138. The molecule has 0 bridgehead atoms. The van der Waals surface area contributed by atoms with E-state index in [2.05, 4.69) is 0 Å². The fourth-order valence-electron chi connectivity index (χ4n) is 5.34. The lowest BCUT2D eigenvalue weighted by molar-refractivity contribution is -0.171. The summed E-state index contributed by atoms with van der Waals surface area (Å²) in [6.07, 6.45) is -8.45. The van der Waals surface area contributed by atoms with Crippen molar-refractivity contribution in [1.82, 2.24) is 29.4 Å². The standard InChI is InChI=1S/C36H42N6O30/c43-19(37(5-23(47)48)6-24(49)50)1-2-20(44)40(11-29(59)60)15-33(67)71-18(4-22(46)39(9-27(55)56)10-28(57)58)36(70)42(14-32(65)66)16-34(68)72-17(35(69)41(12-30(61)62)13-31(63)64)3-21(45)38(7-25(51)52)8-26(53)54/h1-2,17-18H,3-16H2,(H,47,48)(H,49,50)(H,51,52)(H,53,54)(H,55,56)(H,57,58)(H,59,60)(H,61,62)(H,63,64)(H,65,66)/b2-1-. The summed E-state index contributed by atoms with van der Waals surface area (Å²) in [6.45, 7) is -17.8. The molecule has 0 aliphatic rings. The van der Waals surface area contributed by atoms with Gasteiger partial charge >= 0.3 is 71.6 Å². The van der Waals surface area contributed by atoms with E-state index in [9.17, 15) is 117 Å². The summed E-state index contributed by atoms with van der Waals surface area (Å²) in [6, 6.07) is 0. The molecular weight excluding hydrogens is 996 g/mol. The maximum atomic E-state index is 14.0. The number of carbonyl (C=O) groups excluding carboxylic acids is 8. The minimum atomic E-state index is -2.86. The molecule has 0 radical (unpaired) electrons. The largest absolute Gasteiger partial charge is 0.480 e. The van der Waals surface area contributed by atoms with Gasteiger partial charge in [-0.15, -0.1) is 0 Å². The zero-order valence-electron chi connectivity index (χ0n) is 36.5. The zero-order valence-corrected chi connectivity index (χ0v) is 36.5. The van der Waals surface area contributed by atoms with E-state index in [1.165, 1.54) is 0 Å². The maximum absolute atomic E-state index is 14.0. The molecule has 0 rings (SSSR count). The van der Waals surface area contributed by atoms with Gasteiger partial charge in [0.05, 0.1) is 12.8 Å². The van der Waals surface area contributed by atoms with Crippen molar-refractivity contribution >= 4 is 107 Å². The highest BCUT2D eigenvalue weighted by atomic mass is 16.6. The van der Waals surface area contributed by atoms with Crippen LogP contribution in [0.5, 0.6) is 0 Å². The molecule has 396 valence electrons. The van der Waals surface area contributed by atoms with Gasteiger partial charge in [-0.3, -0.25) is 86.3 Å². The van der Waals surface area contributed by atoms with Gasteiger partial charge in [0.25, 0.3) is 11.8 Å². The smallest absolute Gasteiger partial charge is 0.326 e.